The molecule has 0 bridgehead atoms. The van der Waals surface area contributed by atoms with Crippen molar-refractivity contribution in [2.45, 2.75) is 26.2 Å². The molecule has 20 heavy (non-hydrogen) atoms. The molecule has 4 heteroatoms. The second-order valence-electron chi connectivity index (χ2n) is 6.33. The predicted molar refractivity (Wildman–Crippen MR) is 85.0 cm³/mol. The van der Waals surface area contributed by atoms with Gasteiger partial charge in [0.15, 0.2) is 0 Å². The van der Waals surface area contributed by atoms with Gasteiger partial charge in [-0.3, -0.25) is 4.90 Å². The first kappa shape index (κ1) is 15.6. The Morgan fingerprint density at radius 2 is 1.95 bits per heavy atom. The van der Waals surface area contributed by atoms with Gasteiger partial charge in [-0.05, 0) is 23.6 Å². The fourth-order valence-electron chi connectivity index (χ4n) is 2.43. The highest BCUT2D eigenvalue weighted by Crippen LogP contribution is 2.33. The Morgan fingerprint density at radius 1 is 1.25 bits per heavy atom. The van der Waals surface area contributed by atoms with E-state index >= 15 is 0 Å². The Kier molecular flexibility index (Phi) is 5.30. The SMILES string of the molecule is CC(C)(C)c1cc(Cl)ccc1OCCN1CCNCC1. The van der Waals surface area contributed by atoms with Crippen LogP contribution in [0, 0.1) is 0 Å². The zero-order valence-electron chi connectivity index (χ0n) is 12.7. The molecule has 1 heterocycles. The zero-order valence-corrected chi connectivity index (χ0v) is 13.5. The van der Waals surface area contributed by atoms with Crippen molar-refractivity contribution in [3.05, 3.63) is 28.8 Å². The number of hydrogen-bond donors (Lipinski definition) is 1. The van der Waals surface area contributed by atoms with Gasteiger partial charge in [-0.25, -0.2) is 0 Å². The number of nitrogens with zero attached hydrogens (tertiary/aromatic N) is 1. The highest BCUT2D eigenvalue weighted by Gasteiger charge is 2.19. The summed E-state index contributed by atoms with van der Waals surface area (Å²) in [4.78, 5) is 2.43. The van der Waals surface area contributed by atoms with E-state index < -0.39 is 0 Å². The van der Waals surface area contributed by atoms with Crippen molar-refractivity contribution in [2.24, 2.45) is 0 Å². The van der Waals surface area contributed by atoms with Gasteiger partial charge in [0.1, 0.15) is 12.4 Å². The third kappa shape index (κ3) is 4.37. The third-order valence-corrected chi connectivity index (χ3v) is 3.86. The van der Waals surface area contributed by atoms with Crippen LogP contribution in [0.5, 0.6) is 5.75 Å². The van der Waals surface area contributed by atoms with E-state index in [0.717, 1.165) is 50.1 Å². The predicted octanol–water partition coefficient (Wildman–Crippen LogP) is 2.92. The number of nitrogens with one attached hydrogen (secondary N) is 1. The first-order valence-electron chi connectivity index (χ1n) is 7.33. The molecule has 1 saturated heterocycles. The molecular weight excluding hydrogens is 272 g/mol. The lowest BCUT2D eigenvalue weighted by Crippen LogP contribution is -2.44. The average molecular weight is 297 g/mol. The highest BCUT2D eigenvalue weighted by atomic mass is 35.5. The summed E-state index contributed by atoms with van der Waals surface area (Å²) in [6.07, 6.45) is 0. The molecular formula is C16H25ClN2O. The summed E-state index contributed by atoms with van der Waals surface area (Å²) in [5.41, 5.74) is 1.21. The van der Waals surface area contributed by atoms with Crippen LogP contribution in [-0.2, 0) is 5.41 Å². The van der Waals surface area contributed by atoms with Crippen molar-refractivity contribution in [3.63, 3.8) is 0 Å². The van der Waals surface area contributed by atoms with E-state index in [1.165, 1.54) is 5.56 Å². The third-order valence-electron chi connectivity index (χ3n) is 3.62. The van der Waals surface area contributed by atoms with Gasteiger partial charge < -0.3 is 10.1 Å². The lowest BCUT2D eigenvalue weighted by Gasteiger charge is -2.28. The van der Waals surface area contributed by atoms with E-state index in [0.29, 0.717) is 0 Å². The van der Waals surface area contributed by atoms with E-state index in [1.807, 2.05) is 18.2 Å². The minimum atomic E-state index is 0.0370. The quantitative estimate of drug-likeness (QED) is 0.924. The number of ether oxygens (including phenoxy) is 1. The molecule has 0 spiro atoms. The van der Waals surface area contributed by atoms with Crippen LogP contribution in [-0.4, -0.2) is 44.2 Å². The van der Waals surface area contributed by atoms with Crippen LogP contribution in [0.15, 0.2) is 18.2 Å². The molecule has 1 aromatic rings. The first-order valence-corrected chi connectivity index (χ1v) is 7.70. The molecule has 0 amide bonds. The van der Waals surface area contributed by atoms with Gasteiger partial charge >= 0.3 is 0 Å². The van der Waals surface area contributed by atoms with Gasteiger partial charge in [-0.15, -0.1) is 0 Å². The van der Waals surface area contributed by atoms with Gasteiger partial charge in [-0.2, -0.15) is 0 Å². The molecule has 0 atom stereocenters. The standard InChI is InChI=1S/C16H25ClN2O/c1-16(2,3)14-12-13(17)4-5-15(14)20-11-10-19-8-6-18-7-9-19/h4-5,12,18H,6-11H2,1-3H3. The van der Waals surface area contributed by atoms with E-state index in [1.54, 1.807) is 0 Å². The van der Waals surface area contributed by atoms with Crippen LogP contribution >= 0.6 is 11.6 Å². The average Bonchev–Trinajstić information content (AvgIpc) is 2.40. The summed E-state index contributed by atoms with van der Waals surface area (Å²) in [5.74, 6) is 0.956. The molecule has 0 aromatic heterocycles. The van der Waals surface area contributed by atoms with Crippen LogP contribution in [0.4, 0.5) is 0 Å². The van der Waals surface area contributed by atoms with E-state index in [9.17, 15) is 0 Å². The number of halogens is 1. The van der Waals surface area contributed by atoms with Crippen LogP contribution in [0.3, 0.4) is 0 Å². The van der Waals surface area contributed by atoms with Crippen molar-refractivity contribution in [1.29, 1.82) is 0 Å². The lowest BCUT2D eigenvalue weighted by molar-refractivity contribution is 0.189. The second-order valence-corrected chi connectivity index (χ2v) is 6.77. The maximum atomic E-state index is 6.11. The summed E-state index contributed by atoms with van der Waals surface area (Å²) < 4.78 is 6.00. The summed E-state index contributed by atoms with van der Waals surface area (Å²) in [5, 5.41) is 4.13. The van der Waals surface area contributed by atoms with Crippen LogP contribution in [0.2, 0.25) is 5.02 Å². The highest BCUT2D eigenvalue weighted by molar-refractivity contribution is 6.30. The lowest BCUT2D eigenvalue weighted by atomic mass is 9.86. The normalized spacial score (nSPS) is 17.2. The maximum Gasteiger partial charge on any atom is 0.123 e. The molecule has 1 aliphatic rings. The molecule has 1 aromatic carbocycles. The van der Waals surface area contributed by atoms with E-state index in [4.69, 9.17) is 16.3 Å². The molecule has 1 N–H and O–H groups in total. The summed E-state index contributed by atoms with van der Waals surface area (Å²) >= 11 is 6.11. The zero-order chi connectivity index (χ0) is 14.6. The number of rotatable bonds is 4. The Morgan fingerprint density at radius 3 is 2.60 bits per heavy atom. The fourth-order valence-corrected chi connectivity index (χ4v) is 2.61. The first-order chi connectivity index (χ1) is 9.47. The van der Waals surface area contributed by atoms with Gasteiger partial charge in [0.05, 0.1) is 0 Å². The number of benzene rings is 1. The molecule has 2 rings (SSSR count). The maximum absolute atomic E-state index is 6.11. The monoisotopic (exact) mass is 296 g/mol. The van der Waals surface area contributed by atoms with Gasteiger partial charge in [0.25, 0.3) is 0 Å². The number of piperazine rings is 1. The molecule has 1 aliphatic heterocycles. The van der Waals surface area contributed by atoms with Gasteiger partial charge in [0, 0.05) is 43.3 Å². The van der Waals surface area contributed by atoms with Crippen LogP contribution in [0.25, 0.3) is 0 Å². The molecule has 112 valence electrons. The molecule has 0 saturated carbocycles. The number of hydrogen-bond acceptors (Lipinski definition) is 3. The minimum absolute atomic E-state index is 0.0370. The van der Waals surface area contributed by atoms with Crippen molar-refractivity contribution in [3.8, 4) is 5.75 Å². The molecule has 0 unspecified atom stereocenters. The van der Waals surface area contributed by atoms with E-state index in [-0.39, 0.29) is 5.41 Å². The summed E-state index contributed by atoms with van der Waals surface area (Å²) in [6, 6.07) is 5.90. The Hall–Kier alpha value is -0.770. The van der Waals surface area contributed by atoms with Crippen molar-refractivity contribution in [2.75, 3.05) is 39.3 Å². The fraction of sp³-hybridized carbons (Fsp3) is 0.625. The van der Waals surface area contributed by atoms with Crippen molar-refractivity contribution < 1.29 is 4.74 Å². The topological polar surface area (TPSA) is 24.5 Å². The second kappa shape index (κ2) is 6.79. The van der Waals surface area contributed by atoms with E-state index in [2.05, 4.69) is 31.0 Å². The minimum Gasteiger partial charge on any atom is -0.492 e. The molecule has 3 nitrogen and oxygen atoms in total. The molecule has 0 radical (unpaired) electrons. The van der Waals surface area contributed by atoms with Gasteiger partial charge in [-0.1, -0.05) is 32.4 Å². The Labute approximate surface area is 127 Å². The Balaban J connectivity index is 1.95. The van der Waals surface area contributed by atoms with Gasteiger partial charge in [0.2, 0.25) is 0 Å². The largest absolute Gasteiger partial charge is 0.492 e. The van der Waals surface area contributed by atoms with Crippen LogP contribution < -0.4 is 10.1 Å². The summed E-state index contributed by atoms with van der Waals surface area (Å²) in [6.45, 7) is 12.6. The smallest absolute Gasteiger partial charge is 0.123 e. The molecule has 0 aliphatic carbocycles. The summed E-state index contributed by atoms with van der Waals surface area (Å²) in [7, 11) is 0. The van der Waals surface area contributed by atoms with Crippen molar-refractivity contribution in [1.82, 2.24) is 10.2 Å². The van der Waals surface area contributed by atoms with Crippen LogP contribution in [0.1, 0.15) is 26.3 Å². The van der Waals surface area contributed by atoms with Crippen molar-refractivity contribution >= 4 is 11.6 Å². The Bertz CT molecular complexity index is 437. The molecule has 1 fully saturated rings.